The van der Waals surface area contributed by atoms with Crippen molar-refractivity contribution in [3.63, 3.8) is 0 Å². The second-order valence-corrected chi connectivity index (χ2v) is 3.53. The Labute approximate surface area is 87.9 Å². The summed E-state index contributed by atoms with van der Waals surface area (Å²) in [5.74, 6) is -0.510. The number of rotatable bonds is 3. The first-order valence-electron chi connectivity index (χ1n) is 4.33. The number of hydrogen-bond donors (Lipinski definition) is 1. The molecule has 0 heterocycles. The molecule has 1 aromatic carbocycles. The van der Waals surface area contributed by atoms with E-state index in [-0.39, 0.29) is 13.5 Å². The van der Waals surface area contributed by atoms with Crippen LogP contribution in [0.25, 0.3) is 0 Å². The van der Waals surface area contributed by atoms with Crippen LogP contribution in [-0.4, -0.2) is 5.97 Å². The highest BCUT2D eigenvalue weighted by Crippen LogP contribution is 2.25. The van der Waals surface area contributed by atoms with Crippen LogP contribution in [0.2, 0.25) is 0 Å². The van der Waals surface area contributed by atoms with E-state index >= 15 is 0 Å². The van der Waals surface area contributed by atoms with Crippen molar-refractivity contribution in [3.05, 3.63) is 29.8 Å². The van der Waals surface area contributed by atoms with Crippen molar-refractivity contribution in [1.29, 1.82) is 0 Å². The third-order valence-electron chi connectivity index (χ3n) is 1.46. The van der Waals surface area contributed by atoms with Crippen molar-refractivity contribution in [2.45, 2.75) is 18.4 Å². The number of hydrogen-bond acceptors (Lipinski definition) is 4. The topological polar surface area (TPSA) is 26.3 Å². The molecule has 0 aromatic heterocycles. The number of carbonyl (C=O) groups is 1. The molecule has 0 spiro atoms. The molecule has 1 aromatic rings. The Morgan fingerprint density at radius 1 is 1.69 bits per heavy atom. The first-order valence-corrected chi connectivity index (χ1v) is 5.49. The molecule has 0 aliphatic heterocycles. The summed E-state index contributed by atoms with van der Waals surface area (Å²) >= 11 is 4.09. The minimum absolute atomic E-state index is 0.210. The molecule has 0 aliphatic carbocycles. The summed E-state index contributed by atoms with van der Waals surface area (Å²) in [6, 6.07) is 7.54. The minimum Gasteiger partial charge on any atom is -0.461 e. The smallest absolute Gasteiger partial charge is 0.302 e. The highest BCUT2D eigenvalue weighted by Gasteiger charge is 2.01. The first kappa shape index (κ1) is 8.97. The summed E-state index contributed by atoms with van der Waals surface area (Å²) in [6.45, 7) is -0.127. The van der Waals surface area contributed by atoms with Crippen molar-refractivity contribution in [2.24, 2.45) is 0 Å². The predicted molar refractivity (Wildman–Crippen MR) is 56.8 cm³/mol. The van der Waals surface area contributed by atoms with Gasteiger partial charge in [0.2, 0.25) is 0 Å². The van der Waals surface area contributed by atoms with Crippen LogP contribution in [0.1, 0.15) is 13.8 Å². The van der Waals surface area contributed by atoms with E-state index in [1.165, 1.54) is 10.8 Å². The molecule has 0 unspecified atom stereocenters. The van der Waals surface area contributed by atoms with Gasteiger partial charge in [0.25, 0.3) is 0 Å². The molecule has 0 aliphatic rings. The maximum atomic E-state index is 10.7. The van der Waals surface area contributed by atoms with Crippen LogP contribution in [0.3, 0.4) is 0 Å². The fraction of sp³-hybridized carbons (Fsp3) is 0.222. The van der Waals surface area contributed by atoms with Crippen molar-refractivity contribution < 1.29 is 10.9 Å². The van der Waals surface area contributed by atoms with Crippen LogP contribution in [0.4, 0.5) is 0 Å². The minimum atomic E-state index is -0.510. The molecule has 0 bridgehead atoms. The van der Waals surface area contributed by atoms with Gasteiger partial charge in [0, 0.05) is 18.7 Å². The van der Waals surface area contributed by atoms with E-state index in [4.69, 9.17) is 6.11 Å². The second kappa shape index (κ2) is 5.19. The average Bonchev–Trinajstić information content (AvgIpc) is 2.26. The number of carbonyl (C=O) groups excluding carboxylic acids is 1. The van der Waals surface area contributed by atoms with Gasteiger partial charge in [0.15, 0.2) is 0 Å². The molecular formula is C9H10O2S2. The molecular weight excluding hydrogens is 204 g/mol. The Balaban J connectivity index is 2.61. The van der Waals surface area contributed by atoms with E-state index in [0.29, 0.717) is 0 Å². The first-order chi connectivity index (χ1) is 6.77. The molecule has 1 rings (SSSR count). The van der Waals surface area contributed by atoms with Crippen LogP contribution < -0.4 is 0 Å². The summed E-state index contributed by atoms with van der Waals surface area (Å²) in [5.41, 5.74) is 0.911. The number of benzene rings is 1. The fourth-order valence-corrected chi connectivity index (χ4v) is 1.79. The highest BCUT2D eigenvalue weighted by atomic mass is 33.1. The summed E-state index contributed by atoms with van der Waals surface area (Å²) in [5, 5.41) is 0. The van der Waals surface area contributed by atoms with Crippen molar-refractivity contribution in [1.82, 2.24) is 0 Å². The zero-order chi connectivity index (χ0) is 10.4. The lowest BCUT2D eigenvalue weighted by Crippen LogP contribution is -1.99. The van der Waals surface area contributed by atoms with Gasteiger partial charge in [-0.15, -0.1) is 11.7 Å². The Hall–Kier alpha value is -0.610. The summed E-state index contributed by atoms with van der Waals surface area (Å²) in [7, 11) is 1.31. The Morgan fingerprint density at radius 3 is 3.15 bits per heavy atom. The van der Waals surface area contributed by atoms with Crippen LogP contribution in [0, 0.1) is 0 Å². The molecule has 0 atom stereocenters. The maximum absolute atomic E-state index is 10.7. The third-order valence-corrected chi connectivity index (χ3v) is 2.64. The molecule has 2 nitrogen and oxygen atoms in total. The Bertz CT molecular complexity index is 317. The standard InChI is InChI=1S/C9H10O2S2/c1-7(10)11-6-8-4-2-3-5-9(8)13-12/h2-5,12H,6H2,1H3/i1D. The second-order valence-electron chi connectivity index (χ2n) is 2.36. The van der Waals surface area contributed by atoms with Crippen LogP contribution in [0.5, 0.6) is 0 Å². The summed E-state index contributed by atoms with van der Waals surface area (Å²) in [6.07, 6.45) is 0. The van der Waals surface area contributed by atoms with E-state index in [1.807, 2.05) is 24.3 Å². The highest BCUT2D eigenvalue weighted by molar-refractivity contribution is 8.68. The quantitative estimate of drug-likeness (QED) is 0.477. The summed E-state index contributed by atoms with van der Waals surface area (Å²) < 4.78 is 11.6. The van der Waals surface area contributed by atoms with Gasteiger partial charge in [-0.2, -0.15) is 0 Å². The van der Waals surface area contributed by atoms with Gasteiger partial charge in [0.05, 0.1) is 0 Å². The van der Waals surface area contributed by atoms with Crippen LogP contribution >= 0.6 is 22.5 Å². The van der Waals surface area contributed by atoms with Crippen LogP contribution in [-0.2, 0) is 16.1 Å². The molecule has 0 radical (unpaired) electrons. The molecule has 13 heavy (non-hydrogen) atoms. The van der Waals surface area contributed by atoms with Gasteiger partial charge in [-0.25, -0.2) is 0 Å². The molecule has 4 heteroatoms. The van der Waals surface area contributed by atoms with Gasteiger partial charge in [0.1, 0.15) is 6.61 Å². The van der Waals surface area contributed by atoms with Gasteiger partial charge >= 0.3 is 5.97 Å². The monoisotopic (exact) mass is 215 g/mol. The maximum Gasteiger partial charge on any atom is 0.302 e. The predicted octanol–water partition coefficient (Wildman–Crippen LogP) is 2.69. The van der Waals surface area contributed by atoms with Crippen molar-refractivity contribution >= 4 is 28.4 Å². The zero-order valence-electron chi connectivity index (χ0n) is 7.90. The fourth-order valence-electron chi connectivity index (χ4n) is 0.870. The van der Waals surface area contributed by atoms with Crippen LogP contribution in [0.15, 0.2) is 29.2 Å². The lowest BCUT2D eigenvalue weighted by Gasteiger charge is -2.05. The average molecular weight is 215 g/mol. The summed E-state index contributed by atoms with van der Waals surface area (Å²) in [4.78, 5) is 11.7. The molecule has 0 amide bonds. The van der Waals surface area contributed by atoms with Gasteiger partial charge < -0.3 is 4.74 Å². The molecule has 0 N–H and O–H groups in total. The van der Waals surface area contributed by atoms with Crippen molar-refractivity contribution in [2.75, 3.05) is 0 Å². The van der Waals surface area contributed by atoms with Gasteiger partial charge in [-0.1, -0.05) is 29.0 Å². The number of esters is 1. The lowest BCUT2D eigenvalue weighted by atomic mass is 10.2. The lowest BCUT2D eigenvalue weighted by molar-refractivity contribution is -0.142. The molecule has 0 saturated heterocycles. The number of thiol groups is 1. The van der Waals surface area contributed by atoms with E-state index < -0.39 is 5.97 Å². The van der Waals surface area contributed by atoms with E-state index in [9.17, 15) is 4.79 Å². The SMILES string of the molecule is [2H]CC(=O)OCc1ccccc1SS. The van der Waals surface area contributed by atoms with E-state index in [2.05, 4.69) is 11.7 Å². The van der Waals surface area contributed by atoms with Crippen molar-refractivity contribution in [3.8, 4) is 0 Å². The normalized spacial score (nSPS) is 10.7. The van der Waals surface area contributed by atoms with E-state index in [0.717, 1.165) is 10.5 Å². The Morgan fingerprint density at radius 2 is 2.46 bits per heavy atom. The zero-order valence-corrected chi connectivity index (χ0v) is 8.61. The van der Waals surface area contributed by atoms with E-state index in [1.54, 1.807) is 0 Å². The van der Waals surface area contributed by atoms with Gasteiger partial charge in [-0.05, 0) is 6.07 Å². The number of ether oxygens (including phenoxy) is 1. The third kappa shape index (κ3) is 3.32. The molecule has 70 valence electrons. The molecule has 0 fully saturated rings. The largest absolute Gasteiger partial charge is 0.461 e. The van der Waals surface area contributed by atoms with Gasteiger partial charge in [-0.3, -0.25) is 4.79 Å². The molecule has 0 saturated carbocycles. The Kier molecular flexibility index (Phi) is 3.58.